The van der Waals surface area contributed by atoms with Gasteiger partial charge in [0, 0.05) is 0 Å². The number of anilines is 1. The molecule has 2 aromatic rings. The van der Waals surface area contributed by atoms with Crippen molar-refractivity contribution in [3.05, 3.63) is 40.1 Å². The summed E-state index contributed by atoms with van der Waals surface area (Å²) in [7, 11) is 0. The van der Waals surface area contributed by atoms with Crippen LogP contribution in [0.15, 0.2) is 24.4 Å². The van der Waals surface area contributed by atoms with Crippen LogP contribution >= 0.6 is 11.3 Å². The monoisotopic (exact) mass is 307 g/mol. The molecule has 110 valence electrons. The first-order valence-electron chi connectivity index (χ1n) is 6.40. The molecule has 8 heteroatoms. The Morgan fingerprint density at radius 3 is 2.86 bits per heavy atom. The zero-order chi connectivity index (χ0) is 14.8. The third kappa shape index (κ3) is 2.89. The molecule has 0 spiro atoms. The second-order valence-corrected chi connectivity index (χ2v) is 5.54. The van der Waals surface area contributed by atoms with E-state index in [4.69, 9.17) is 9.47 Å². The number of thiazole rings is 1. The van der Waals surface area contributed by atoms with E-state index >= 15 is 0 Å². The van der Waals surface area contributed by atoms with E-state index < -0.39 is 4.92 Å². The number of rotatable bonds is 4. The van der Waals surface area contributed by atoms with Gasteiger partial charge in [0.1, 0.15) is 19.4 Å². The molecule has 1 aromatic heterocycles. The molecule has 3 rings (SSSR count). The molecule has 2 heterocycles. The lowest BCUT2D eigenvalue weighted by Crippen LogP contribution is -2.16. The molecule has 1 aliphatic rings. The number of hydrogen-bond donors (Lipinski definition) is 1. The van der Waals surface area contributed by atoms with Crippen LogP contribution in [0.5, 0.6) is 11.5 Å². The van der Waals surface area contributed by atoms with Crippen molar-refractivity contribution in [2.75, 3.05) is 18.5 Å². The van der Waals surface area contributed by atoms with Gasteiger partial charge in [0.05, 0.1) is 11.0 Å². The normalized spacial score (nSPS) is 14.5. The lowest BCUT2D eigenvalue weighted by molar-refractivity contribution is -0.380. The highest BCUT2D eigenvalue weighted by molar-refractivity contribution is 7.18. The van der Waals surface area contributed by atoms with E-state index in [1.54, 1.807) is 0 Å². The van der Waals surface area contributed by atoms with Gasteiger partial charge in [0.25, 0.3) is 0 Å². The summed E-state index contributed by atoms with van der Waals surface area (Å²) < 4.78 is 11.0. The van der Waals surface area contributed by atoms with Gasteiger partial charge >= 0.3 is 5.00 Å². The van der Waals surface area contributed by atoms with Crippen molar-refractivity contribution in [3.8, 4) is 11.5 Å². The molecule has 0 saturated carbocycles. The van der Waals surface area contributed by atoms with Gasteiger partial charge in [0.2, 0.25) is 0 Å². The summed E-state index contributed by atoms with van der Waals surface area (Å²) in [4.78, 5) is 14.2. The zero-order valence-corrected chi connectivity index (χ0v) is 12.1. The van der Waals surface area contributed by atoms with Gasteiger partial charge in [-0.1, -0.05) is 6.07 Å². The van der Waals surface area contributed by atoms with Crippen LogP contribution in [-0.4, -0.2) is 23.1 Å². The molecule has 0 saturated heterocycles. The Balaban J connectivity index is 1.75. The van der Waals surface area contributed by atoms with Crippen LogP contribution in [0.2, 0.25) is 0 Å². The minimum Gasteiger partial charge on any atom is -0.486 e. The highest BCUT2D eigenvalue weighted by Crippen LogP contribution is 2.34. The topological polar surface area (TPSA) is 86.5 Å². The van der Waals surface area contributed by atoms with Crippen LogP contribution in [0.4, 0.5) is 10.1 Å². The van der Waals surface area contributed by atoms with Crippen molar-refractivity contribution >= 4 is 21.5 Å². The van der Waals surface area contributed by atoms with Crippen molar-refractivity contribution in [1.82, 2.24) is 4.98 Å². The van der Waals surface area contributed by atoms with E-state index in [1.807, 2.05) is 25.1 Å². The van der Waals surface area contributed by atoms with Crippen LogP contribution < -0.4 is 14.8 Å². The summed E-state index contributed by atoms with van der Waals surface area (Å²) >= 11 is 1.02. The molecule has 0 amide bonds. The molecule has 0 radical (unpaired) electrons. The van der Waals surface area contributed by atoms with Crippen molar-refractivity contribution in [1.29, 1.82) is 0 Å². The number of aromatic nitrogens is 1. The van der Waals surface area contributed by atoms with Crippen molar-refractivity contribution < 1.29 is 14.4 Å². The maximum atomic E-state index is 10.6. The van der Waals surface area contributed by atoms with E-state index in [-0.39, 0.29) is 11.0 Å². The molecule has 1 atom stereocenters. The predicted molar refractivity (Wildman–Crippen MR) is 78.2 cm³/mol. The molecule has 0 fully saturated rings. The fourth-order valence-electron chi connectivity index (χ4n) is 2.01. The number of hydrogen-bond acceptors (Lipinski definition) is 7. The van der Waals surface area contributed by atoms with Crippen molar-refractivity contribution in [2.45, 2.75) is 13.0 Å². The molecule has 1 N–H and O–H groups in total. The Bertz CT molecular complexity index is 673. The van der Waals surface area contributed by atoms with Gasteiger partial charge < -0.3 is 14.8 Å². The first-order chi connectivity index (χ1) is 10.1. The highest BCUT2D eigenvalue weighted by Gasteiger charge is 2.17. The van der Waals surface area contributed by atoms with E-state index in [2.05, 4.69) is 10.3 Å². The third-order valence-electron chi connectivity index (χ3n) is 3.08. The highest BCUT2D eigenvalue weighted by atomic mass is 32.1. The Hall–Kier alpha value is -2.35. The molecule has 21 heavy (non-hydrogen) atoms. The van der Waals surface area contributed by atoms with Gasteiger partial charge in [-0.25, -0.2) is 4.98 Å². The summed E-state index contributed by atoms with van der Waals surface area (Å²) in [5, 5.41) is 14.3. The van der Waals surface area contributed by atoms with Crippen LogP contribution in [0.3, 0.4) is 0 Å². The Morgan fingerprint density at radius 2 is 2.14 bits per heavy atom. The zero-order valence-electron chi connectivity index (χ0n) is 11.2. The number of nitro groups is 1. The van der Waals surface area contributed by atoms with Gasteiger partial charge in [-0.3, -0.25) is 10.1 Å². The van der Waals surface area contributed by atoms with E-state index in [0.29, 0.717) is 18.3 Å². The van der Waals surface area contributed by atoms with Gasteiger partial charge in [-0.2, -0.15) is 0 Å². The quantitative estimate of drug-likeness (QED) is 0.690. The minimum absolute atomic E-state index is 0.0203. The largest absolute Gasteiger partial charge is 0.486 e. The summed E-state index contributed by atoms with van der Waals surface area (Å²) in [6, 6.07) is 5.67. The number of nitrogens with zero attached hydrogens (tertiary/aromatic N) is 2. The average Bonchev–Trinajstić information content (AvgIpc) is 2.95. The maximum Gasteiger partial charge on any atom is 0.345 e. The first-order valence-corrected chi connectivity index (χ1v) is 7.21. The van der Waals surface area contributed by atoms with Crippen LogP contribution in [0.25, 0.3) is 0 Å². The molecule has 7 nitrogen and oxygen atoms in total. The lowest BCUT2D eigenvalue weighted by Gasteiger charge is -2.20. The maximum absolute atomic E-state index is 10.6. The van der Waals surface area contributed by atoms with Gasteiger partial charge in [-0.05, 0) is 36.0 Å². The Labute approximate surface area is 124 Å². The lowest BCUT2D eigenvalue weighted by atomic mass is 10.1. The Kier molecular flexibility index (Phi) is 3.61. The van der Waals surface area contributed by atoms with Crippen molar-refractivity contribution in [3.63, 3.8) is 0 Å². The Morgan fingerprint density at radius 1 is 1.38 bits per heavy atom. The van der Waals surface area contributed by atoms with Gasteiger partial charge in [-0.15, -0.1) is 0 Å². The van der Waals surface area contributed by atoms with E-state index in [1.165, 1.54) is 6.20 Å². The predicted octanol–water partition coefficient (Wildman–Crippen LogP) is 3.00. The molecule has 1 aliphatic heterocycles. The minimum atomic E-state index is -0.447. The third-order valence-corrected chi connectivity index (χ3v) is 3.96. The molecule has 1 aromatic carbocycles. The average molecular weight is 307 g/mol. The summed E-state index contributed by atoms with van der Waals surface area (Å²) in [6.45, 7) is 3.05. The van der Waals surface area contributed by atoms with Crippen LogP contribution in [0.1, 0.15) is 18.5 Å². The standard InChI is InChI=1S/C13H13N3O4S/c1-8(15-13-14-7-12(21-13)16(17)18)9-2-3-10-11(6-9)20-5-4-19-10/h2-3,6-8H,4-5H2,1H3,(H,14,15). The summed E-state index contributed by atoms with van der Waals surface area (Å²) in [6.07, 6.45) is 1.25. The second kappa shape index (κ2) is 5.57. The molecule has 0 bridgehead atoms. The number of benzene rings is 1. The molecule has 1 unspecified atom stereocenters. The smallest absolute Gasteiger partial charge is 0.345 e. The summed E-state index contributed by atoms with van der Waals surface area (Å²) in [5.41, 5.74) is 0.997. The fourth-order valence-corrected chi connectivity index (χ4v) is 2.73. The summed E-state index contributed by atoms with van der Waals surface area (Å²) in [5.74, 6) is 1.46. The van der Waals surface area contributed by atoms with E-state index in [9.17, 15) is 10.1 Å². The molecular weight excluding hydrogens is 294 g/mol. The van der Waals surface area contributed by atoms with Gasteiger partial charge in [0.15, 0.2) is 16.6 Å². The van der Waals surface area contributed by atoms with Crippen molar-refractivity contribution in [2.24, 2.45) is 0 Å². The number of ether oxygens (including phenoxy) is 2. The number of fused-ring (bicyclic) bond motifs is 1. The van der Waals surface area contributed by atoms with Crippen LogP contribution in [-0.2, 0) is 0 Å². The molecule has 0 aliphatic carbocycles. The van der Waals surface area contributed by atoms with Crippen LogP contribution in [0, 0.1) is 10.1 Å². The second-order valence-electron chi connectivity index (χ2n) is 4.53. The van der Waals surface area contributed by atoms with E-state index in [0.717, 1.165) is 28.4 Å². The number of nitrogens with one attached hydrogen (secondary N) is 1. The first kappa shape index (κ1) is 13.6. The SMILES string of the molecule is CC(Nc1ncc([N+](=O)[O-])s1)c1ccc2c(c1)OCCO2. The molecular formula is C13H13N3O4S. The fraction of sp³-hybridized carbons (Fsp3) is 0.308.